The molecule has 2 aromatic heterocycles. The number of carbonyl (C=O) groups excluding carboxylic acids is 1. The lowest BCUT2D eigenvalue weighted by Gasteiger charge is -2.27. The maximum atomic E-state index is 12.2. The first kappa shape index (κ1) is 20.7. The number of carbonyl (C=O) groups is 1. The number of nitrogen functional groups attached to an aromatic ring is 1. The van der Waals surface area contributed by atoms with Crippen LogP contribution in [0.5, 0.6) is 0 Å². The van der Waals surface area contributed by atoms with Crippen molar-refractivity contribution in [1.29, 1.82) is 0 Å². The Labute approximate surface area is 174 Å². The highest BCUT2D eigenvalue weighted by molar-refractivity contribution is 7.15. The first-order valence-corrected chi connectivity index (χ1v) is 10.0. The standard InChI is InChI=1S/C21H25N5O2S/c1-20(2,3)28-19(27)26-21(4,5)15-12-24-18(29-15)14-11-23-17(22)16(25-14)13-9-7-6-8-10-13/h6-12H,1-5H3,(H2,22,23)(H,26,27). The van der Waals surface area contributed by atoms with Crippen LogP contribution < -0.4 is 11.1 Å². The van der Waals surface area contributed by atoms with Gasteiger partial charge in [0.1, 0.15) is 27.8 Å². The Balaban J connectivity index is 1.85. The summed E-state index contributed by atoms with van der Waals surface area (Å²) in [5.41, 5.74) is 6.95. The summed E-state index contributed by atoms with van der Waals surface area (Å²) in [5.74, 6) is 0.364. The molecule has 1 aromatic carbocycles. The Morgan fingerprint density at radius 1 is 1.07 bits per heavy atom. The van der Waals surface area contributed by atoms with Gasteiger partial charge in [0, 0.05) is 11.8 Å². The number of benzene rings is 1. The fourth-order valence-corrected chi connectivity index (χ4v) is 3.54. The van der Waals surface area contributed by atoms with Crippen LogP contribution in [-0.2, 0) is 10.3 Å². The summed E-state index contributed by atoms with van der Waals surface area (Å²) in [6.45, 7) is 9.29. The highest BCUT2D eigenvalue weighted by Gasteiger charge is 2.28. The summed E-state index contributed by atoms with van der Waals surface area (Å²) in [7, 11) is 0. The normalized spacial score (nSPS) is 11.9. The number of rotatable bonds is 4. The number of thiazole rings is 1. The van der Waals surface area contributed by atoms with Crippen LogP contribution in [0.2, 0.25) is 0 Å². The minimum absolute atomic E-state index is 0.364. The van der Waals surface area contributed by atoms with Crippen LogP contribution in [0.15, 0.2) is 42.7 Å². The molecule has 0 spiro atoms. The zero-order valence-electron chi connectivity index (χ0n) is 17.2. The highest BCUT2D eigenvalue weighted by Crippen LogP contribution is 2.32. The molecule has 0 unspecified atom stereocenters. The molecule has 1 amide bonds. The number of ether oxygens (including phenoxy) is 1. The number of alkyl carbamates (subject to hydrolysis) is 1. The fourth-order valence-electron chi connectivity index (χ4n) is 2.61. The number of nitrogens with two attached hydrogens (primary N) is 1. The van der Waals surface area contributed by atoms with E-state index in [2.05, 4.69) is 20.3 Å². The van der Waals surface area contributed by atoms with Crippen LogP contribution in [0.3, 0.4) is 0 Å². The van der Waals surface area contributed by atoms with Gasteiger partial charge in [-0.3, -0.25) is 0 Å². The average Bonchev–Trinajstić information content (AvgIpc) is 3.12. The molecule has 0 fully saturated rings. The van der Waals surface area contributed by atoms with Gasteiger partial charge < -0.3 is 15.8 Å². The maximum Gasteiger partial charge on any atom is 0.408 e. The monoisotopic (exact) mass is 411 g/mol. The van der Waals surface area contributed by atoms with Gasteiger partial charge >= 0.3 is 6.09 Å². The minimum Gasteiger partial charge on any atom is -0.444 e. The second kappa shape index (κ2) is 7.79. The molecular weight excluding hydrogens is 386 g/mol. The molecule has 8 heteroatoms. The van der Waals surface area contributed by atoms with Crippen LogP contribution in [0.1, 0.15) is 39.5 Å². The smallest absolute Gasteiger partial charge is 0.408 e. The quantitative estimate of drug-likeness (QED) is 0.650. The van der Waals surface area contributed by atoms with Gasteiger partial charge in [0.25, 0.3) is 0 Å². The predicted molar refractivity (Wildman–Crippen MR) is 115 cm³/mol. The van der Waals surface area contributed by atoms with Gasteiger partial charge in [-0.1, -0.05) is 30.3 Å². The lowest BCUT2D eigenvalue weighted by atomic mass is 10.1. The van der Waals surface area contributed by atoms with Crippen molar-refractivity contribution in [2.45, 2.75) is 45.8 Å². The third-order valence-electron chi connectivity index (χ3n) is 4.00. The van der Waals surface area contributed by atoms with Gasteiger partial charge in [-0.25, -0.2) is 19.7 Å². The first-order chi connectivity index (χ1) is 13.5. The molecule has 0 bridgehead atoms. The van der Waals surface area contributed by atoms with Gasteiger partial charge in [-0.2, -0.15) is 0 Å². The Bertz CT molecular complexity index is 1010. The molecule has 2 heterocycles. The highest BCUT2D eigenvalue weighted by atomic mass is 32.1. The Morgan fingerprint density at radius 3 is 2.41 bits per heavy atom. The molecule has 0 aliphatic rings. The summed E-state index contributed by atoms with van der Waals surface area (Å²) in [5, 5.41) is 3.59. The molecule has 29 heavy (non-hydrogen) atoms. The number of amides is 1. The van der Waals surface area contributed by atoms with Crippen molar-refractivity contribution in [2.24, 2.45) is 0 Å². The fraction of sp³-hybridized carbons (Fsp3) is 0.333. The molecule has 0 saturated carbocycles. The van der Waals surface area contributed by atoms with E-state index < -0.39 is 17.2 Å². The number of nitrogens with zero attached hydrogens (tertiary/aromatic N) is 3. The molecule has 0 atom stereocenters. The van der Waals surface area contributed by atoms with Crippen molar-refractivity contribution in [3.05, 3.63) is 47.6 Å². The van der Waals surface area contributed by atoms with E-state index in [0.29, 0.717) is 22.2 Å². The minimum atomic E-state index is -0.651. The van der Waals surface area contributed by atoms with E-state index in [4.69, 9.17) is 10.5 Å². The zero-order chi connectivity index (χ0) is 21.2. The van der Waals surface area contributed by atoms with Crippen LogP contribution >= 0.6 is 11.3 Å². The summed E-state index contributed by atoms with van der Waals surface area (Å²) in [6.07, 6.45) is 2.87. The topological polar surface area (TPSA) is 103 Å². The molecule has 3 N–H and O–H groups in total. The molecule has 0 radical (unpaired) electrons. The summed E-state index contributed by atoms with van der Waals surface area (Å²) in [4.78, 5) is 26.5. The molecule has 3 aromatic rings. The van der Waals surface area contributed by atoms with E-state index in [1.54, 1.807) is 12.4 Å². The number of aromatic nitrogens is 3. The Hall–Kier alpha value is -3.00. The van der Waals surface area contributed by atoms with E-state index in [0.717, 1.165) is 10.4 Å². The average molecular weight is 412 g/mol. The second-order valence-electron chi connectivity index (χ2n) is 8.14. The predicted octanol–water partition coefficient (Wildman–Crippen LogP) is 4.61. The first-order valence-electron chi connectivity index (χ1n) is 9.21. The third kappa shape index (κ3) is 5.08. The summed E-state index contributed by atoms with van der Waals surface area (Å²) in [6, 6.07) is 9.66. The molecular formula is C21H25N5O2S. The summed E-state index contributed by atoms with van der Waals surface area (Å²) < 4.78 is 5.36. The van der Waals surface area contributed by atoms with E-state index >= 15 is 0 Å². The maximum absolute atomic E-state index is 12.2. The van der Waals surface area contributed by atoms with Crippen molar-refractivity contribution < 1.29 is 9.53 Å². The molecule has 0 saturated heterocycles. The Kier molecular flexibility index (Phi) is 5.57. The van der Waals surface area contributed by atoms with Gasteiger partial charge in [0.2, 0.25) is 0 Å². The van der Waals surface area contributed by atoms with Crippen LogP contribution in [0, 0.1) is 0 Å². The van der Waals surface area contributed by atoms with E-state index in [9.17, 15) is 4.79 Å². The van der Waals surface area contributed by atoms with Gasteiger partial charge in [-0.05, 0) is 34.6 Å². The van der Waals surface area contributed by atoms with Crippen LogP contribution in [0.4, 0.5) is 10.6 Å². The number of anilines is 1. The van der Waals surface area contributed by atoms with E-state index in [1.165, 1.54) is 11.3 Å². The van der Waals surface area contributed by atoms with Gasteiger partial charge in [-0.15, -0.1) is 11.3 Å². The van der Waals surface area contributed by atoms with Crippen molar-refractivity contribution in [3.63, 3.8) is 0 Å². The summed E-state index contributed by atoms with van der Waals surface area (Å²) >= 11 is 1.44. The van der Waals surface area contributed by atoms with Crippen molar-refractivity contribution in [2.75, 3.05) is 5.73 Å². The number of nitrogens with one attached hydrogen (secondary N) is 1. The van der Waals surface area contributed by atoms with Crippen molar-refractivity contribution in [1.82, 2.24) is 20.3 Å². The lowest BCUT2D eigenvalue weighted by molar-refractivity contribution is 0.0472. The largest absolute Gasteiger partial charge is 0.444 e. The van der Waals surface area contributed by atoms with Crippen LogP contribution in [-0.4, -0.2) is 26.6 Å². The third-order valence-corrected chi connectivity index (χ3v) is 5.35. The van der Waals surface area contributed by atoms with Crippen molar-refractivity contribution in [3.8, 4) is 22.0 Å². The molecule has 3 rings (SSSR count). The Morgan fingerprint density at radius 2 is 1.76 bits per heavy atom. The van der Waals surface area contributed by atoms with Crippen molar-refractivity contribution >= 4 is 23.2 Å². The molecule has 0 aliphatic carbocycles. The van der Waals surface area contributed by atoms with E-state index in [-0.39, 0.29) is 0 Å². The zero-order valence-corrected chi connectivity index (χ0v) is 18.0. The van der Waals surface area contributed by atoms with E-state index in [1.807, 2.05) is 65.0 Å². The molecule has 152 valence electrons. The number of hydrogen-bond donors (Lipinski definition) is 2. The van der Waals surface area contributed by atoms with Crippen LogP contribution in [0.25, 0.3) is 22.0 Å². The SMILES string of the molecule is CC(C)(C)OC(=O)NC(C)(C)c1cnc(-c2cnc(N)c(-c3ccccc3)n2)s1. The number of hydrogen-bond acceptors (Lipinski definition) is 7. The molecule has 0 aliphatic heterocycles. The molecule has 7 nitrogen and oxygen atoms in total. The second-order valence-corrected chi connectivity index (χ2v) is 9.17. The van der Waals surface area contributed by atoms with Gasteiger partial charge in [0.05, 0.1) is 16.6 Å². The van der Waals surface area contributed by atoms with Gasteiger partial charge in [0.15, 0.2) is 0 Å². The lowest BCUT2D eigenvalue weighted by Crippen LogP contribution is -2.43.